The number of aliphatic hydroxyl groups excluding tert-OH is 2. The summed E-state index contributed by atoms with van der Waals surface area (Å²) >= 11 is 0. The molecule has 4 nitrogen and oxygen atoms in total. The van der Waals surface area contributed by atoms with Crippen molar-refractivity contribution < 1.29 is 19.7 Å². The number of benzene rings is 2. The van der Waals surface area contributed by atoms with Gasteiger partial charge in [0.15, 0.2) is 0 Å². The van der Waals surface area contributed by atoms with Gasteiger partial charge in [-0.1, -0.05) is 36.8 Å². The zero-order chi connectivity index (χ0) is 21.9. The van der Waals surface area contributed by atoms with Gasteiger partial charge in [0.25, 0.3) is 0 Å². The molecule has 2 aromatic carbocycles. The third kappa shape index (κ3) is 5.36. The van der Waals surface area contributed by atoms with E-state index in [-0.39, 0.29) is 18.8 Å². The van der Waals surface area contributed by atoms with Gasteiger partial charge in [-0.3, -0.25) is 0 Å². The lowest BCUT2D eigenvalue weighted by Gasteiger charge is -2.33. The molecule has 3 atom stereocenters. The molecule has 0 spiro atoms. The summed E-state index contributed by atoms with van der Waals surface area (Å²) < 4.78 is 12.3. The Bertz CT molecular complexity index is 883. The fourth-order valence-corrected chi connectivity index (χ4v) is 5.38. The van der Waals surface area contributed by atoms with E-state index in [1.54, 1.807) is 0 Å². The highest BCUT2D eigenvalue weighted by molar-refractivity contribution is 5.41. The molecule has 3 aliphatic rings. The van der Waals surface area contributed by atoms with Crippen LogP contribution >= 0.6 is 0 Å². The maximum absolute atomic E-state index is 10.2. The lowest BCUT2D eigenvalue weighted by atomic mass is 9.90. The molecule has 2 saturated carbocycles. The second-order valence-corrected chi connectivity index (χ2v) is 9.99. The molecule has 0 aromatic heterocycles. The van der Waals surface area contributed by atoms with E-state index in [1.807, 2.05) is 0 Å². The van der Waals surface area contributed by atoms with Gasteiger partial charge in [-0.25, -0.2) is 0 Å². The van der Waals surface area contributed by atoms with Crippen LogP contribution in [0.3, 0.4) is 0 Å². The topological polar surface area (TPSA) is 58.9 Å². The monoisotopic (exact) mass is 436 g/mol. The minimum absolute atomic E-state index is 0.0458. The van der Waals surface area contributed by atoms with E-state index in [2.05, 4.69) is 42.5 Å². The molecule has 4 heteroatoms. The van der Waals surface area contributed by atoms with E-state index < -0.39 is 6.10 Å². The predicted octanol–water partition coefficient (Wildman–Crippen LogP) is 5.44. The molecule has 5 rings (SSSR count). The molecule has 0 amide bonds. The number of aliphatic hydroxyl groups is 2. The van der Waals surface area contributed by atoms with Crippen molar-refractivity contribution in [3.63, 3.8) is 0 Å². The molecule has 0 bridgehead atoms. The number of ether oxygens (including phenoxy) is 2. The molecular formula is C28H36O4. The summed E-state index contributed by atoms with van der Waals surface area (Å²) in [4.78, 5) is 0. The summed E-state index contributed by atoms with van der Waals surface area (Å²) in [6, 6.07) is 15.3. The Morgan fingerprint density at radius 1 is 0.906 bits per heavy atom. The molecular weight excluding hydrogens is 400 g/mol. The zero-order valence-corrected chi connectivity index (χ0v) is 18.9. The third-order valence-corrected chi connectivity index (χ3v) is 7.31. The Morgan fingerprint density at radius 2 is 1.69 bits per heavy atom. The maximum Gasteiger partial charge on any atom is 0.119 e. The Labute approximate surface area is 191 Å². The van der Waals surface area contributed by atoms with Crippen LogP contribution in [0.2, 0.25) is 0 Å². The van der Waals surface area contributed by atoms with Crippen LogP contribution in [0.15, 0.2) is 42.5 Å². The summed E-state index contributed by atoms with van der Waals surface area (Å²) in [7, 11) is 0. The predicted molar refractivity (Wildman–Crippen MR) is 125 cm³/mol. The van der Waals surface area contributed by atoms with Gasteiger partial charge in [0.05, 0.1) is 31.0 Å². The fourth-order valence-electron chi connectivity index (χ4n) is 5.38. The molecule has 2 N–H and O–H groups in total. The van der Waals surface area contributed by atoms with Crippen molar-refractivity contribution in [1.82, 2.24) is 0 Å². The van der Waals surface area contributed by atoms with E-state index >= 15 is 0 Å². The van der Waals surface area contributed by atoms with Gasteiger partial charge in [-0.05, 0) is 85.3 Å². The van der Waals surface area contributed by atoms with Crippen LogP contribution in [0.4, 0.5) is 0 Å². The molecule has 172 valence electrons. The SMILES string of the molecule is OC[C@@H]1CC(O)C[C@H](c2ccc(C3CC3)c(Cc3ccc(OC4CCCCC4)cc3)c2)O1. The van der Waals surface area contributed by atoms with Crippen LogP contribution in [0, 0.1) is 0 Å². The standard InChI is InChI=1S/C28H36O4/c29-18-26-16-23(30)17-28(32-26)21-10-13-27(20-8-9-20)22(15-21)14-19-6-11-25(12-7-19)31-24-4-2-1-3-5-24/h6-7,10-13,15,20,23-24,26,28-30H,1-5,8-9,14,16-18H2/t23?,26-,28+/m0/s1. The summed E-state index contributed by atoms with van der Waals surface area (Å²) in [5.74, 6) is 1.66. The molecule has 2 aliphatic carbocycles. The first-order valence-electron chi connectivity index (χ1n) is 12.5. The van der Waals surface area contributed by atoms with Crippen molar-refractivity contribution in [2.24, 2.45) is 0 Å². The van der Waals surface area contributed by atoms with E-state index in [0.717, 1.165) is 17.7 Å². The highest BCUT2D eigenvalue weighted by atomic mass is 16.5. The Morgan fingerprint density at radius 3 is 2.41 bits per heavy atom. The normalized spacial score (nSPS) is 26.8. The minimum Gasteiger partial charge on any atom is -0.490 e. The first kappa shape index (κ1) is 21.9. The van der Waals surface area contributed by atoms with Crippen LogP contribution in [-0.4, -0.2) is 35.1 Å². The van der Waals surface area contributed by atoms with E-state index in [4.69, 9.17) is 9.47 Å². The smallest absolute Gasteiger partial charge is 0.119 e. The van der Waals surface area contributed by atoms with Gasteiger partial charge >= 0.3 is 0 Å². The van der Waals surface area contributed by atoms with E-state index in [9.17, 15) is 10.2 Å². The van der Waals surface area contributed by atoms with Gasteiger partial charge in [0, 0.05) is 12.8 Å². The van der Waals surface area contributed by atoms with Crippen molar-refractivity contribution >= 4 is 0 Å². The van der Waals surface area contributed by atoms with Crippen LogP contribution < -0.4 is 4.74 Å². The zero-order valence-electron chi connectivity index (χ0n) is 18.9. The highest BCUT2D eigenvalue weighted by Gasteiger charge is 2.31. The quantitative estimate of drug-likeness (QED) is 0.607. The fraction of sp³-hybridized carbons (Fsp3) is 0.571. The van der Waals surface area contributed by atoms with Crippen LogP contribution in [0.1, 0.15) is 92.1 Å². The highest BCUT2D eigenvalue weighted by Crippen LogP contribution is 2.43. The summed E-state index contributed by atoms with van der Waals surface area (Å²) in [6.07, 6.45) is 10.3. The van der Waals surface area contributed by atoms with Crippen LogP contribution in [0.5, 0.6) is 5.75 Å². The van der Waals surface area contributed by atoms with Crippen molar-refractivity contribution in [3.05, 3.63) is 64.7 Å². The summed E-state index contributed by atoms with van der Waals surface area (Å²) in [5, 5.41) is 19.8. The Hall–Kier alpha value is -1.88. The summed E-state index contributed by atoms with van der Waals surface area (Å²) in [5.41, 5.74) is 5.21. The van der Waals surface area contributed by atoms with Gasteiger partial charge < -0.3 is 19.7 Å². The van der Waals surface area contributed by atoms with Crippen molar-refractivity contribution in [3.8, 4) is 5.75 Å². The molecule has 1 heterocycles. The first-order chi connectivity index (χ1) is 15.7. The molecule has 3 fully saturated rings. The maximum atomic E-state index is 10.2. The molecule has 1 unspecified atom stereocenters. The van der Waals surface area contributed by atoms with Crippen LogP contribution in [0.25, 0.3) is 0 Å². The molecule has 1 saturated heterocycles. The minimum atomic E-state index is -0.422. The number of hydrogen-bond donors (Lipinski definition) is 2. The van der Waals surface area contributed by atoms with Crippen LogP contribution in [-0.2, 0) is 11.2 Å². The lowest BCUT2D eigenvalue weighted by Crippen LogP contribution is -2.33. The number of hydrogen-bond acceptors (Lipinski definition) is 4. The van der Waals surface area contributed by atoms with Crippen molar-refractivity contribution in [1.29, 1.82) is 0 Å². The van der Waals surface area contributed by atoms with E-state index in [1.165, 1.54) is 61.6 Å². The second kappa shape index (κ2) is 9.94. The molecule has 0 radical (unpaired) electrons. The Balaban J connectivity index is 1.31. The molecule has 2 aromatic rings. The van der Waals surface area contributed by atoms with Gasteiger partial charge in [-0.15, -0.1) is 0 Å². The lowest BCUT2D eigenvalue weighted by molar-refractivity contribution is -0.113. The van der Waals surface area contributed by atoms with Crippen molar-refractivity contribution in [2.45, 2.75) is 94.5 Å². The molecule has 32 heavy (non-hydrogen) atoms. The first-order valence-corrected chi connectivity index (χ1v) is 12.5. The Kier molecular flexibility index (Phi) is 6.82. The third-order valence-electron chi connectivity index (χ3n) is 7.31. The van der Waals surface area contributed by atoms with Gasteiger partial charge in [0.1, 0.15) is 5.75 Å². The van der Waals surface area contributed by atoms with E-state index in [0.29, 0.717) is 24.9 Å². The summed E-state index contributed by atoms with van der Waals surface area (Å²) in [6.45, 7) is -0.0458. The van der Waals surface area contributed by atoms with Gasteiger partial charge in [-0.2, -0.15) is 0 Å². The number of rotatable bonds is 7. The molecule has 1 aliphatic heterocycles. The average Bonchev–Trinajstić information content (AvgIpc) is 3.66. The van der Waals surface area contributed by atoms with Crippen molar-refractivity contribution in [2.75, 3.05) is 6.61 Å². The largest absolute Gasteiger partial charge is 0.490 e. The second-order valence-electron chi connectivity index (χ2n) is 9.99. The average molecular weight is 437 g/mol. The van der Waals surface area contributed by atoms with Gasteiger partial charge in [0.2, 0.25) is 0 Å².